The first-order valence-corrected chi connectivity index (χ1v) is 5.46. The lowest BCUT2D eigenvalue weighted by Crippen LogP contribution is -2.02. The van der Waals surface area contributed by atoms with Gasteiger partial charge in [0.25, 0.3) is 0 Å². The molecule has 0 aliphatic carbocycles. The van der Waals surface area contributed by atoms with Crippen LogP contribution < -0.4 is 4.74 Å². The lowest BCUT2D eigenvalue weighted by molar-refractivity contribution is 0.191. The normalized spacial score (nSPS) is 11.5. The molecule has 0 saturated carbocycles. The van der Waals surface area contributed by atoms with E-state index in [1.807, 2.05) is 32.0 Å². The maximum absolute atomic E-state index is 9.59. The van der Waals surface area contributed by atoms with Crippen LogP contribution in [0.5, 0.6) is 5.75 Å². The van der Waals surface area contributed by atoms with E-state index in [1.54, 1.807) is 6.92 Å². The van der Waals surface area contributed by atoms with Gasteiger partial charge in [-0.3, -0.25) is 0 Å². The lowest BCUT2D eigenvalue weighted by atomic mass is 10.1. The molecule has 0 fully saturated rings. The molecule has 0 aromatic heterocycles. The second-order valence-electron chi connectivity index (χ2n) is 3.74. The van der Waals surface area contributed by atoms with Crippen LogP contribution in [0, 0.1) is 18.8 Å². The van der Waals surface area contributed by atoms with E-state index in [4.69, 9.17) is 4.74 Å². The van der Waals surface area contributed by atoms with Crippen LogP contribution >= 0.6 is 0 Å². The molecule has 0 radical (unpaired) electrons. The van der Waals surface area contributed by atoms with Crippen LogP contribution in [-0.2, 0) is 0 Å². The van der Waals surface area contributed by atoms with Gasteiger partial charge in [0.15, 0.2) is 0 Å². The Labute approximate surface area is 97.3 Å². The summed E-state index contributed by atoms with van der Waals surface area (Å²) in [5.41, 5.74) is 1.95. The number of benzene rings is 1. The Morgan fingerprint density at radius 3 is 2.81 bits per heavy atom. The van der Waals surface area contributed by atoms with Gasteiger partial charge in [0.05, 0.1) is 12.7 Å². The number of aliphatic hydroxyl groups is 1. The summed E-state index contributed by atoms with van der Waals surface area (Å²) >= 11 is 0. The highest BCUT2D eigenvalue weighted by molar-refractivity contribution is 5.38. The minimum Gasteiger partial charge on any atom is -0.492 e. The molecule has 1 N–H and O–H groups in total. The molecule has 0 unspecified atom stereocenters. The summed E-state index contributed by atoms with van der Waals surface area (Å²) in [5.74, 6) is 6.52. The Balaban J connectivity index is 2.74. The van der Waals surface area contributed by atoms with E-state index in [0.717, 1.165) is 16.9 Å². The third-order valence-electron chi connectivity index (χ3n) is 2.28. The summed E-state index contributed by atoms with van der Waals surface area (Å²) < 4.78 is 5.62. The van der Waals surface area contributed by atoms with Crippen molar-refractivity contribution >= 4 is 0 Å². The SMILES string of the molecule is CC#CCCOc1cc(C)ccc1[C@H](C)O. The number of aryl methyl sites for hydroxylation is 1. The standard InChI is InChI=1S/C14H18O2/c1-4-5-6-9-16-14-10-11(2)7-8-13(14)12(3)15/h7-8,10,12,15H,6,9H2,1-3H3/t12-/m0/s1. The number of hydrogen-bond acceptors (Lipinski definition) is 2. The van der Waals surface area contributed by atoms with Gasteiger partial charge in [-0.1, -0.05) is 12.1 Å². The van der Waals surface area contributed by atoms with Crippen molar-refractivity contribution in [3.05, 3.63) is 29.3 Å². The Kier molecular flexibility index (Phi) is 4.88. The molecule has 1 atom stereocenters. The van der Waals surface area contributed by atoms with E-state index in [1.165, 1.54) is 0 Å². The summed E-state index contributed by atoms with van der Waals surface area (Å²) in [4.78, 5) is 0. The van der Waals surface area contributed by atoms with Crippen molar-refractivity contribution in [2.45, 2.75) is 33.3 Å². The fourth-order valence-electron chi connectivity index (χ4n) is 1.45. The minimum absolute atomic E-state index is 0.507. The van der Waals surface area contributed by atoms with Crippen molar-refractivity contribution in [2.24, 2.45) is 0 Å². The van der Waals surface area contributed by atoms with Gasteiger partial charge >= 0.3 is 0 Å². The summed E-state index contributed by atoms with van der Waals surface area (Å²) in [7, 11) is 0. The molecule has 0 amide bonds. The van der Waals surface area contributed by atoms with Crippen molar-refractivity contribution in [1.82, 2.24) is 0 Å². The van der Waals surface area contributed by atoms with E-state index in [2.05, 4.69) is 11.8 Å². The molecule has 0 aliphatic heterocycles. The summed E-state index contributed by atoms with van der Waals surface area (Å²) in [6.45, 7) is 6.12. The van der Waals surface area contributed by atoms with Crippen LogP contribution in [0.3, 0.4) is 0 Å². The molecule has 1 aromatic carbocycles. The first-order chi connectivity index (χ1) is 7.65. The van der Waals surface area contributed by atoms with Crippen LogP contribution in [0.1, 0.15) is 37.5 Å². The molecule has 0 saturated heterocycles. The van der Waals surface area contributed by atoms with Crippen molar-refractivity contribution < 1.29 is 9.84 Å². The highest BCUT2D eigenvalue weighted by Crippen LogP contribution is 2.26. The molecule has 0 heterocycles. The molecule has 0 bridgehead atoms. The Morgan fingerprint density at radius 2 is 2.19 bits per heavy atom. The van der Waals surface area contributed by atoms with Gasteiger partial charge in [0.1, 0.15) is 5.75 Å². The molecule has 0 spiro atoms. The highest BCUT2D eigenvalue weighted by Gasteiger charge is 2.08. The maximum atomic E-state index is 9.59. The van der Waals surface area contributed by atoms with Gasteiger partial charge in [-0.2, -0.15) is 0 Å². The van der Waals surface area contributed by atoms with E-state index in [-0.39, 0.29) is 0 Å². The van der Waals surface area contributed by atoms with Gasteiger partial charge in [-0.25, -0.2) is 0 Å². The van der Waals surface area contributed by atoms with Crippen molar-refractivity contribution in [3.8, 4) is 17.6 Å². The smallest absolute Gasteiger partial charge is 0.125 e. The summed E-state index contributed by atoms with van der Waals surface area (Å²) in [5, 5.41) is 9.59. The van der Waals surface area contributed by atoms with Gasteiger partial charge in [0.2, 0.25) is 0 Å². The molecule has 86 valence electrons. The van der Waals surface area contributed by atoms with Gasteiger partial charge in [-0.15, -0.1) is 11.8 Å². The minimum atomic E-state index is -0.507. The number of ether oxygens (including phenoxy) is 1. The van der Waals surface area contributed by atoms with E-state index in [9.17, 15) is 5.11 Å². The Bertz CT molecular complexity index is 397. The van der Waals surface area contributed by atoms with Crippen LogP contribution in [0.25, 0.3) is 0 Å². The molecule has 2 nitrogen and oxygen atoms in total. The maximum Gasteiger partial charge on any atom is 0.125 e. The van der Waals surface area contributed by atoms with Crippen LogP contribution in [0.2, 0.25) is 0 Å². The van der Waals surface area contributed by atoms with E-state index >= 15 is 0 Å². The van der Waals surface area contributed by atoms with E-state index < -0.39 is 6.10 Å². The largest absolute Gasteiger partial charge is 0.492 e. The quantitative estimate of drug-likeness (QED) is 0.622. The summed E-state index contributed by atoms with van der Waals surface area (Å²) in [6, 6.07) is 5.82. The van der Waals surface area contributed by atoms with E-state index in [0.29, 0.717) is 13.0 Å². The number of aliphatic hydroxyl groups excluding tert-OH is 1. The lowest BCUT2D eigenvalue weighted by Gasteiger charge is -2.13. The number of rotatable bonds is 4. The van der Waals surface area contributed by atoms with Crippen LogP contribution in [0.15, 0.2) is 18.2 Å². The summed E-state index contributed by atoms with van der Waals surface area (Å²) in [6.07, 6.45) is 0.205. The van der Waals surface area contributed by atoms with Crippen molar-refractivity contribution in [3.63, 3.8) is 0 Å². The Hall–Kier alpha value is -1.46. The molecule has 1 aromatic rings. The molecule has 16 heavy (non-hydrogen) atoms. The first kappa shape index (κ1) is 12.6. The molecule has 0 aliphatic rings. The van der Waals surface area contributed by atoms with Crippen molar-refractivity contribution in [1.29, 1.82) is 0 Å². The average Bonchev–Trinajstić information content (AvgIpc) is 2.24. The molecule has 2 heteroatoms. The zero-order chi connectivity index (χ0) is 12.0. The van der Waals surface area contributed by atoms with Crippen molar-refractivity contribution in [2.75, 3.05) is 6.61 Å². The zero-order valence-electron chi connectivity index (χ0n) is 10.1. The van der Waals surface area contributed by atoms with Crippen LogP contribution in [0.4, 0.5) is 0 Å². The van der Waals surface area contributed by atoms with Gasteiger partial charge in [0, 0.05) is 12.0 Å². The second kappa shape index (κ2) is 6.19. The zero-order valence-corrected chi connectivity index (χ0v) is 10.1. The van der Waals surface area contributed by atoms with Gasteiger partial charge in [-0.05, 0) is 32.4 Å². The third kappa shape index (κ3) is 3.60. The molecular weight excluding hydrogens is 200 g/mol. The average molecular weight is 218 g/mol. The fourth-order valence-corrected chi connectivity index (χ4v) is 1.45. The first-order valence-electron chi connectivity index (χ1n) is 5.46. The molecule has 1 rings (SSSR count). The second-order valence-corrected chi connectivity index (χ2v) is 3.74. The molecular formula is C14H18O2. The fraction of sp³-hybridized carbons (Fsp3) is 0.429. The number of hydrogen-bond donors (Lipinski definition) is 1. The predicted molar refractivity (Wildman–Crippen MR) is 65.4 cm³/mol. The highest BCUT2D eigenvalue weighted by atomic mass is 16.5. The van der Waals surface area contributed by atoms with Gasteiger partial charge < -0.3 is 9.84 Å². The Morgan fingerprint density at radius 1 is 1.44 bits per heavy atom. The monoisotopic (exact) mass is 218 g/mol. The topological polar surface area (TPSA) is 29.5 Å². The van der Waals surface area contributed by atoms with Crippen LogP contribution in [-0.4, -0.2) is 11.7 Å². The third-order valence-corrected chi connectivity index (χ3v) is 2.28. The predicted octanol–water partition coefficient (Wildman–Crippen LogP) is 2.84.